The van der Waals surface area contributed by atoms with Crippen molar-refractivity contribution in [3.63, 3.8) is 0 Å². The fourth-order valence-corrected chi connectivity index (χ4v) is 2.51. The molecule has 1 aromatic heterocycles. The Balaban J connectivity index is 2.28. The molecule has 0 aliphatic heterocycles. The molecule has 0 radical (unpaired) electrons. The number of hydrogen-bond acceptors (Lipinski definition) is 1. The quantitative estimate of drug-likeness (QED) is 0.680. The second kappa shape index (κ2) is 3.84. The van der Waals surface area contributed by atoms with Crippen LogP contribution in [0, 0.1) is 19.8 Å². The lowest BCUT2D eigenvalue weighted by molar-refractivity contribution is 0.0922. The minimum atomic E-state index is 0.297. The molecule has 1 fully saturated rings. The topological polar surface area (TPSA) is 22.0 Å². The lowest BCUT2D eigenvalue weighted by Crippen LogP contribution is -2.11. The maximum Gasteiger partial charge on any atom is 0.167 e. The Morgan fingerprint density at radius 2 is 1.93 bits per heavy atom. The van der Waals surface area contributed by atoms with Crippen LogP contribution in [0.3, 0.4) is 0 Å². The summed E-state index contributed by atoms with van der Waals surface area (Å²) < 4.78 is 2.10. The zero-order valence-electron chi connectivity index (χ0n) is 9.84. The summed E-state index contributed by atoms with van der Waals surface area (Å²) >= 11 is 0. The van der Waals surface area contributed by atoms with Crippen LogP contribution >= 0.6 is 0 Å². The average Bonchev–Trinajstić information content (AvgIpc) is 2.82. The van der Waals surface area contributed by atoms with Gasteiger partial charge in [0.15, 0.2) is 5.78 Å². The van der Waals surface area contributed by atoms with Gasteiger partial charge in [-0.3, -0.25) is 4.79 Å². The fourth-order valence-electron chi connectivity index (χ4n) is 2.51. The maximum atomic E-state index is 12.2. The molecule has 1 heterocycles. The first-order valence-corrected chi connectivity index (χ1v) is 5.78. The zero-order chi connectivity index (χ0) is 11.0. The van der Waals surface area contributed by atoms with E-state index in [-0.39, 0.29) is 0 Å². The molecule has 1 aliphatic rings. The molecule has 82 valence electrons. The average molecular weight is 205 g/mol. The third-order valence-corrected chi connectivity index (χ3v) is 3.77. The molecule has 0 saturated heterocycles. The predicted octanol–water partition coefficient (Wildman–Crippen LogP) is 3.01. The van der Waals surface area contributed by atoms with Crippen molar-refractivity contribution >= 4 is 5.78 Å². The molecule has 1 aromatic rings. The summed E-state index contributed by atoms with van der Waals surface area (Å²) in [5, 5.41) is 0. The fraction of sp³-hybridized carbons (Fsp3) is 0.615. The lowest BCUT2D eigenvalue weighted by atomic mass is 9.96. The molecule has 2 heteroatoms. The molecule has 0 spiro atoms. The summed E-state index contributed by atoms with van der Waals surface area (Å²) in [6.07, 6.45) is 4.63. The van der Waals surface area contributed by atoms with Crippen molar-refractivity contribution in [1.29, 1.82) is 0 Å². The van der Waals surface area contributed by atoms with Crippen molar-refractivity contribution in [2.24, 2.45) is 13.0 Å². The van der Waals surface area contributed by atoms with Crippen molar-refractivity contribution in [3.05, 3.63) is 23.0 Å². The van der Waals surface area contributed by atoms with E-state index in [4.69, 9.17) is 0 Å². The molecule has 0 amide bonds. The minimum Gasteiger partial charge on any atom is -0.351 e. The molecule has 1 aliphatic carbocycles. The largest absolute Gasteiger partial charge is 0.351 e. The molecule has 0 aromatic carbocycles. The van der Waals surface area contributed by atoms with Crippen LogP contribution in [-0.4, -0.2) is 10.4 Å². The summed E-state index contributed by atoms with van der Waals surface area (Å²) in [5.74, 6) is 0.666. The number of carbonyl (C=O) groups is 1. The third-order valence-electron chi connectivity index (χ3n) is 3.77. The van der Waals surface area contributed by atoms with Crippen LogP contribution in [0.1, 0.15) is 47.4 Å². The number of nitrogens with zero attached hydrogens (tertiary/aromatic N) is 1. The standard InChI is InChI=1S/C13H19NO/c1-9-8-12(10(2)14(9)3)13(15)11-6-4-5-7-11/h8,11H,4-7H2,1-3H3. The van der Waals surface area contributed by atoms with E-state index in [0.717, 1.165) is 24.1 Å². The molecule has 2 rings (SSSR count). The number of carbonyl (C=O) groups excluding carboxylic acids is 1. The van der Waals surface area contributed by atoms with Crippen molar-refractivity contribution < 1.29 is 4.79 Å². The Kier molecular flexibility index (Phi) is 2.68. The third kappa shape index (κ3) is 1.73. The van der Waals surface area contributed by atoms with Crippen LogP contribution in [0.5, 0.6) is 0 Å². The van der Waals surface area contributed by atoms with E-state index in [0.29, 0.717) is 11.7 Å². The van der Waals surface area contributed by atoms with Gasteiger partial charge in [0.1, 0.15) is 0 Å². The van der Waals surface area contributed by atoms with E-state index in [2.05, 4.69) is 11.5 Å². The molecule has 0 bridgehead atoms. The van der Waals surface area contributed by atoms with Gasteiger partial charge in [-0.2, -0.15) is 0 Å². The van der Waals surface area contributed by atoms with Gasteiger partial charge in [0.2, 0.25) is 0 Å². The highest BCUT2D eigenvalue weighted by molar-refractivity contribution is 5.99. The van der Waals surface area contributed by atoms with Gasteiger partial charge in [-0.15, -0.1) is 0 Å². The first-order chi connectivity index (χ1) is 7.11. The smallest absolute Gasteiger partial charge is 0.167 e. The SMILES string of the molecule is Cc1cc(C(=O)C2CCCC2)c(C)n1C. The van der Waals surface area contributed by atoms with Gasteiger partial charge in [-0.05, 0) is 32.8 Å². The highest BCUT2D eigenvalue weighted by Crippen LogP contribution is 2.29. The van der Waals surface area contributed by atoms with Crippen molar-refractivity contribution in [1.82, 2.24) is 4.57 Å². The number of ketones is 1. The highest BCUT2D eigenvalue weighted by atomic mass is 16.1. The number of rotatable bonds is 2. The lowest BCUT2D eigenvalue weighted by Gasteiger charge is -2.07. The van der Waals surface area contributed by atoms with E-state index >= 15 is 0 Å². The zero-order valence-corrected chi connectivity index (χ0v) is 9.84. The van der Waals surface area contributed by atoms with Gasteiger partial charge in [-0.25, -0.2) is 0 Å². The monoisotopic (exact) mass is 205 g/mol. The molecule has 1 saturated carbocycles. The van der Waals surface area contributed by atoms with Crippen molar-refractivity contribution in [3.8, 4) is 0 Å². The van der Waals surface area contributed by atoms with Gasteiger partial charge in [-0.1, -0.05) is 12.8 Å². The molecule has 0 N–H and O–H groups in total. The number of aryl methyl sites for hydroxylation is 1. The van der Waals surface area contributed by atoms with Crippen LogP contribution < -0.4 is 0 Å². The first kappa shape index (κ1) is 10.5. The maximum absolute atomic E-state index is 12.2. The van der Waals surface area contributed by atoms with E-state index < -0.39 is 0 Å². The van der Waals surface area contributed by atoms with Gasteiger partial charge in [0.25, 0.3) is 0 Å². The second-order valence-corrected chi connectivity index (χ2v) is 4.69. The predicted molar refractivity (Wildman–Crippen MR) is 61.2 cm³/mol. The summed E-state index contributed by atoms with van der Waals surface area (Å²) in [7, 11) is 2.02. The number of aromatic nitrogens is 1. The molecule has 0 atom stereocenters. The van der Waals surface area contributed by atoms with Crippen LogP contribution in [-0.2, 0) is 7.05 Å². The van der Waals surface area contributed by atoms with E-state index in [1.54, 1.807) is 0 Å². The summed E-state index contributed by atoms with van der Waals surface area (Å²) in [5.41, 5.74) is 3.24. The Hall–Kier alpha value is -1.05. The molecular weight excluding hydrogens is 186 g/mol. The van der Waals surface area contributed by atoms with E-state index in [9.17, 15) is 4.79 Å². The van der Waals surface area contributed by atoms with Crippen molar-refractivity contribution in [2.75, 3.05) is 0 Å². The number of hydrogen-bond donors (Lipinski definition) is 0. The summed E-state index contributed by atoms with van der Waals surface area (Å²) in [6, 6.07) is 2.04. The summed E-state index contributed by atoms with van der Waals surface area (Å²) in [4.78, 5) is 12.2. The molecular formula is C13H19NO. The van der Waals surface area contributed by atoms with Crippen LogP contribution in [0.25, 0.3) is 0 Å². The van der Waals surface area contributed by atoms with Gasteiger partial charge < -0.3 is 4.57 Å². The van der Waals surface area contributed by atoms with Gasteiger partial charge in [0, 0.05) is 29.9 Å². The normalized spacial score (nSPS) is 17.3. The first-order valence-electron chi connectivity index (χ1n) is 5.78. The number of Topliss-reactive ketones (excluding diaryl/α,β-unsaturated/α-hetero) is 1. The van der Waals surface area contributed by atoms with Crippen LogP contribution in [0.15, 0.2) is 6.07 Å². The Morgan fingerprint density at radius 3 is 2.40 bits per heavy atom. The van der Waals surface area contributed by atoms with E-state index in [1.807, 2.05) is 20.0 Å². The van der Waals surface area contributed by atoms with Crippen LogP contribution in [0.2, 0.25) is 0 Å². The van der Waals surface area contributed by atoms with E-state index in [1.165, 1.54) is 18.5 Å². The van der Waals surface area contributed by atoms with Crippen molar-refractivity contribution in [2.45, 2.75) is 39.5 Å². The Bertz CT molecular complexity index is 383. The molecule has 15 heavy (non-hydrogen) atoms. The molecule has 0 unspecified atom stereocenters. The molecule has 2 nitrogen and oxygen atoms in total. The minimum absolute atomic E-state index is 0.297. The highest BCUT2D eigenvalue weighted by Gasteiger charge is 2.26. The Labute approximate surface area is 91.3 Å². The summed E-state index contributed by atoms with van der Waals surface area (Å²) in [6.45, 7) is 4.09. The van der Waals surface area contributed by atoms with Gasteiger partial charge >= 0.3 is 0 Å². The van der Waals surface area contributed by atoms with Gasteiger partial charge in [0.05, 0.1) is 0 Å². The second-order valence-electron chi connectivity index (χ2n) is 4.69. The van der Waals surface area contributed by atoms with Crippen LogP contribution in [0.4, 0.5) is 0 Å². The Morgan fingerprint density at radius 1 is 1.33 bits per heavy atom.